The quantitative estimate of drug-likeness (QED) is 0.774. The fraction of sp³-hybridized carbons (Fsp3) is 0.0909. The van der Waals surface area contributed by atoms with E-state index in [2.05, 4.69) is 4.98 Å². The summed E-state index contributed by atoms with van der Waals surface area (Å²) in [6.45, 7) is 1.86. The first kappa shape index (κ1) is 11.6. The van der Waals surface area contributed by atoms with E-state index < -0.39 is 0 Å². The molecule has 0 saturated heterocycles. The number of hydrogen-bond donors (Lipinski definition) is 0. The van der Waals surface area contributed by atoms with Crippen LogP contribution in [0.25, 0.3) is 0 Å². The van der Waals surface area contributed by atoms with Gasteiger partial charge in [0.05, 0.1) is 19.9 Å². The van der Waals surface area contributed by atoms with Crippen LogP contribution in [0.4, 0.5) is 0 Å². The van der Waals surface area contributed by atoms with Crippen LogP contribution in [0.1, 0.15) is 20.2 Å². The van der Waals surface area contributed by atoms with Gasteiger partial charge in [-0.3, -0.25) is 4.79 Å². The molecule has 2 rings (SSSR count). The molecule has 0 amide bonds. The van der Waals surface area contributed by atoms with E-state index in [1.54, 1.807) is 24.4 Å². The molecule has 0 aliphatic heterocycles. The van der Waals surface area contributed by atoms with Crippen molar-refractivity contribution < 1.29 is 4.79 Å². The second-order valence-corrected chi connectivity index (χ2v) is 5.25. The van der Waals surface area contributed by atoms with Crippen LogP contribution >= 0.6 is 34.5 Å². The Morgan fingerprint density at radius 1 is 1.31 bits per heavy atom. The topological polar surface area (TPSA) is 30.0 Å². The number of ketones is 1. The second kappa shape index (κ2) is 4.53. The van der Waals surface area contributed by atoms with E-state index >= 15 is 0 Å². The number of nitrogens with zero attached hydrogens (tertiary/aromatic N) is 1. The number of halogens is 2. The number of aryl methyl sites for hydroxylation is 1. The number of hydrogen-bond acceptors (Lipinski definition) is 3. The third-order valence-electron chi connectivity index (χ3n) is 2.03. The normalized spacial score (nSPS) is 10.4. The highest BCUT2D eigenvalue weighted by Gasteiger charge is 2.13. The molecule has 0 fully saturated rings. The molecule has 0 saturated carbocycles. The number of carbonyl (C=O) groups is 1. The van der Waals surface area contributed by atoms with E-state index in [1.165, 1.54) is 11.3 Å². The second-order valence-electron chi connectivity index (χ2n) is 3.20. The molecule has 0 N–H and O–H groups in total. The summed E-state index contributed by atoms with van der Waals surface area (Å²) in [6, 6.07) is 4.85. The van der Waals surface area contributed by atoms with Crippen molar-refractivity contribution in [2.24, 2.45) is 0 Å². The molecular formula is C11H7Cl2NOS. The number of aromatic nitrogens is 1. The Balaban J connectivity index is 2.38. The Hall–Kier alpha value is -0.900. The number of rotatable bonds is 2. The maximum absolute atomic E-state index is 12.0. The molecule has 1 heterocycles. The van der Waals surface area contributed by atoms with Crippen LogP contribution in [0.15, 0.2) is 24.4 Å². The molecule has 0 bridgehead atoms. The Kier molecular flexibility index (Phi) is 3.28. The van der Waals surface area contributed by atoms with E-state index in [1.807, 2.05) is 6.92 Å². The van der Waals surface area contributed by atoms with Crippen LogP contribution in [0, 0.1) is 6.92 Å². The smallest absolute Gasteiger partial charge is 0.204 e. The first-order chi connectivity index (χ1) is 7.58. The van der Waals surface area contributed by atoms with Gasteiger partial charge in [-0.15, -0.1) is 11.3 Å². The van der Waals surface area contributed by atoms with Gasteiger partial charge in [0.25, 0.3) is 0 Å². The van der Waals surface area contributed by atoms with E-state index in [-0.39, 0.29) is 5.78 Å². The van der Waals surface area contributed by atoms with Gasteiger partial charge in [-0.1, -0.05) is 23.2 Å². The maximum atomic E-state index is 12.0. The Labute approximate surface area is 107 Å². The van der Waals surface area contributed by atoms with Gasteiger partial charge >= 0.3 is 0 Å². The van der Waals surface area contributed by atoms with E-state index in [0.717, 1.165) is 5.01 Å². The third kappa shape index (κ3) is 2.26. The summed E-state index contributed by atoms with van der Waals surface area (Å²) in [5.74, 6) is -0.0795. The average Bonchev–Trinajstić information content (AvgIpc) is 2.68. The van der Waals surface area contributed by atoms with Gasteiger partial charge in [-0.05, 0) is 25.1 Å². The minimum Gasteiger partial charge on any atom is -0.288 e. The fourth-order valence-electron chi connectivity index (χ4n) is 1.25. The molecule has 2 nitrogen and oxygen atoms in total. The van der Waals surface area contributed by atoms with E-state index in [4.69, 9.17) is 23.2 Å². The van der Waals surface area contributed by atoms with Crippen molar-refractivity contribution in [2.75, 3.05) is 0 Å². The van der Waals surface area contributed by atoms with Gasteiger partial charge in [0.2, 0.25) is 5.78 Å². The molecule has 0 aliphatic carbocycles. The van der Waals surface area contributed by atoms with Crippen molar-refractivity contribution >= 4 is 40.3 Å². The van der Waals surface area contributed by atoms with Crippen molar-refractivity contribution in [1.29, 1.82) is 0 Å². The summed E-state index contributed by atoms with van der Waals surface area (Å²) in [6.07, 6.45) is 1.57. The largest absolute Gasteiger partial charge is 0.288 e. The minimum absolute atomic E-state index is 0.0795. The highest BCUT2D eigenvalue weighted by atomic mass is 35.5. The van der Waals surface area contributed by atoms with Crippen LogP contribution in [0.2, 0.25) is 10.0 Å². The Morgan fingerprint density at radius 3 is 2.62 bits per heavy atom. The predicted octanol–water partition coefficient (Wildman–Crippen LogP) is 3.99. The molecule has 1 aromatic heterocycles. The summed E-state index contributed by atoms with van der Waals surface area (Å²) >= 11 is 13.0. The third-order valence-corrected chi connectivity index (χ3v) is 3.68. The van der Waals surface area contributed by atoms with Crippen LogP contribution in [0.3, 0.4) is 0 Å². The summed E-state index contributed by atoms with van der Waals surface area (Å²) < 4.78 is 0. The highest BCUT2D eigenvalue weighted by molar-refractivity contribution is 7.13. The highest BCUT2D eigenvalue weighted by Crippen LogP contribution is 2.25. The molecule has 0 unspecified atom stereocenters. The van der Waals surface area contributed by atoms with Crippen molar-refractivity contribution in [3.8, 4) is 0 Å². The number of benzene rings is 1. The fourth-order valence-corrected chi connectivity index (χ4v) is 2.28. The van der Waals surface area contributed by atoms with Crippen LogP contribution in [-0.4, -0.2) is 10.8 Å². The minimum atomic E-state index is -0.0795. The monoisotopic (exact) mass is 271 g/mol. The predicted molar refractivity (Wildman–Crippen MR) is 66.7 cm³/mol. The van der Waals surface area contributed by atoms with Gasteiger partial charge < -0.3 is 0 Å². The molecule has 0 radical (unpaired) electrons. The first-order valence-corrected chi connectivity index (χ1v) is 6.07. The molecule has 0 aliphatic rings. The van der Waals surface area contributed by atoms with Gasteiger partial charge in [0, 0.05) is 11.8 Å². The van der Waals surface area contributed by atoms with Crippen molar-refractivity contribution in [2.45, 2.75) is 6.92 Å². The zero-order valence-electron chi connectivity index (χ0n) is 8.33. The molecule has 16 heavy (non-hydrogen) atoms. The summed E-state index contributed by atoms with van der Waals surface area (Å²) in [7, 11) is 0. The number of carbonyl (C=O) groups excluding carboxylic acids is 1. The average molecular weight is 272 g/mol. The van der Waals surface area contributed by atoms with Crippen molar-refractivity contribution in [3.63, 3.8) is 0 Å². The van der Waals surface area contributed by atoms with Crippen LogP contribution in [0.5, 0.6) is 0 Å². The SMILES string of the molecule is Cc1ncc(C(=O)c2ccc(Cl)c(Cl)c2)s1. The van der Waals surface area contributed by atoms with Crippen LogP contribution in [-0.2, 0) is 0 Å². The molecular weight excluding hydrogens is 265 g/mol. The maximum Gasteiger partial charge on any atom is 0.204 e. The van der Waals surface area contributed by atoms with E-state index in [9.17, 15) is 4.79 Å². The standard InChI is InChI=1S/C11H7Cl2NOS/c1-6-14-5-10(16-6)11(15)7-2-3-8(12)9(13)4-7/h2-5H,1H3. The van der Waals surface area contributed by atoms with Crippen LogP contribution < -0.4 is 0 Å². The molecule has 2 aromatic rings. The molecule has 0 atom stereocenters. The zero-order chi connectivity index (χ0) is 11.7. The molecule has 82 valence electrons. The lowest BCUT2D eigenvalue weighted by Gasteiger charge is -2.00. The van der Waals surface area contributed by atoms with Gasteiger partial charge in [-0.2, -0.15) is 0 Å². The zero-order valence-corrected chi connectivity index (χ0v) is 10.7. The molecule has 5 heteroatoms. The summed E-state index contributed by atoms with van der Waals surface area (Å²) in [4.78, 5) is 16.6. The molecule has 0 spiro atoms. The Morgan fingerprint density at radius 2 is 2.06 bits per heavy atom. The van der Waals surface area contributed by atoms with E-state index in [0.29, 0.717) is 20.5 Å². The molecule has 1 aromatic carbocycles. The lowest BCUT2D eigenvalue weighted by Crippen LogP contribution is -1.98. The first-order valence-electron chi connectivity index (χ1n) is 4.50. The lowest BCUT2D eigenvalue weighted by atomic mass is 10.1. The number of thiazole rings is 1. The summed E-state index contributed by atoms with van der Waals surface area (Å²) in [5.41, 5.74) is 0.526. The Bertz CT molecular complexity index is 551. The lowest BCUT2D eigenvalue weighted by molar-refractivity contribution is 0.104. The van der Waals surface area contributed by atoms with Gasteiger partial charge in [-0.25, -0.2) is 4.98 Å². The van der Waals surface area contributed by atoms with Crippen molar-refractivity contribution in [1.82, 2.24) is 4.98 Å². The van der Waals surface area contributed by atoms with Crippen molar-refractivity contribution in [3.05, 3.63) is 49.9 Å². The van der Waals surface area contributed by atoms with Gasteiger partial charge in [0.1, 0.15) is 0 Å². The summed E-state index contributed by atoms with van der Waals surface area (Å²) in [5, 5.41) is 1.69. The van der Waals surface area contributed by atoms with Gasteiger partial charge in [0.15, 0.2) is 0 Å².